The molecule has 4 nitrogen and oxygen atoms in total. The number of nitrogens with zero attached hydrogens (tertiary/aromatic N) is 1. The maximum Gasteiger partial charge on any atom is 0.387 e. The van der Waals surface area contributed by atoms with E-state index in [1.807, 2.05) is 0 Å². The summed E-state index contributed by atoms with van der Waals surface area (Å²) in [6.45, 7) is 15.8. The van der Waals surface area contributed by atoms with Crippen LogP contribution >= 0.6 is 0 Å². The van der Waals surface area contributed by atoms with E-state index in [0.717, 1.165) is 19.8 Å². The molecule has 1 aliphatic heterocycles. The molecule has 2 atom stereocenters. The van der Waals surface area contributed by atoms with Crippen LogP contribution < -0.4 is 0 Å². The van der Waals surface area contributed by atoms with Gasteiger partial charge in [0, 0.05) is 25.4 Å². The van der Waals surface area contributed by atoms with Gasteiger partial charge in [0.1, 0.15) is 0 Å². The first kappa shape index (κ1) is 21.3. The topological polar surface area (TPSA) is 30.9 Å². The Hall–Kier alpha value is 0.274. The summed E-state index contributed by atoms with van der Waals surface area (Å²) < 4.78 is 20.4. The molecule has 0 spiro atoms. The first-order valence-electron chi connectivity index (χ1n) is 9.58. The molecule has 1 aliphatic rings. The highest BCUT2D eigenvalue weighted by Crippen LogP contribution is 2.27. The second-order valence-electron chi connectivity index (χ2n) is 6.63. The molecule has 0 aliphatic carbocycles. The van der Waals surface area contributed by atoms with Crippen LogP contribution in [0.3, 0.4) is 0 Å². The SMILES string of the molecule is CCO[Si](OCC)C(C)CCCCCN1CCC[Si]1(C)OCC. The first-order chi connectivity index (χ1) is 11.1. The number of hydrogen-bond donors (Lipinski definition) is 0. The Morgan fingerprint density at radius 2 is 1.74 bits per heavy atom. The molecule has 1 fully saturated rings. The Morgan fingerprint density at radius 3 is 2.35 bits per heavy atom. The van der Waals surface area contributed by atoms with Crippen molar-refractivity contribution in [2.24, 2.45) is 0 Å². The standard InChI is InChI=1S/C17H38NO3Si2/c1-6-19-22(20-7-2)17(4)13-10-9-11-14-18-15-12-16-23(18,5)21-8-3/h17H,6-16H2,1-5H3. The monoisotopic (exact) mass is 360 g/mol. The maximum absolute atomic E-state index is 6.12. The Morgan fingerprint density at radius 1 is 1.04 bits per heavy atom. The van der Waals surface area contributed by atoms with E-state index < -0.39 is 17.8 Å². The fraction of sp³-hybridized carbons (Fsp3) is 1.00. The number of hydrogen-bond acceptors (Lipinski definition) is 4. The highest BCUT2D eigenvalue weighted by atomic mass is 28.4. The van der Waals surface area contributed by atoms with E-state index in [2.05, 4.69) is 38.8 Å². The summed E-state index contributed by atoms with van der Waals surface area (Å²) in [5, 5.41) is 0. The van der Waals surface area contributed by atoms with Crippen LogP contribution in [0.1, 0.15) is 59.8 Å². The van der Waals surface area contributed by atoms with Crippen molar-refractivity contribution in [2.45, 2.75) is 77.9 Å². The van der Waals surface area contributed by atoms with Crippen LogP contribution in [0.5, 0.6) is 0 Å². The van der Waals surface area contributed by atoms with Crippen molar-refractivity contribution < 1.29 is 13.3 Å². The first-order valence-corrected chi connectivity index (χ1v) is 13.5. The van der Waals surface area contributed by atoms with Gasteiger partial charge < -0.3 is 17.8 Å². The molecule has 23 heavy (non-hydrogen) atoms. The lowest BCUT2D eigenvalue weighted by molar-refractivity contribution is 0.203. The van der Waals surface area contributed by atoms with Crippen LogP contribution in [0.2, 0.25) is 18.1 Å². The maximum atomic E-state index is 6.12. The Balaban J connectivity index is 2.19. The number of unbranched alkanes of at least 4 members (excludes halogenated alkanes) is 2. The van der Waals surface area contributed by atoms with Crippen molar-refractivity contribution >= 4 is 17.8 Å². The van der Waals surface area contributed by atoms with Gasteiger partial charge in [0.25, 0.3) is 8.48 Å². The lowest BCUT2D eigenvalue weighted by atomic mass is 10.1. The average Bonchev–Trinajstić information content (AvgIpc) is 2.87. The zero-order chi connectivity index (χ0) is 17.1. The van der Waals surface area contributed by atoms with Crippen LogP contribution in [0, 0.1) is 0 Å². The average molecular weight is 361 g/mol. The molecule has 1 radical (unpaired) electrons. The summed E-state index contributed by atoms with van der Waals surface area (Å²) in [5.74, 6) is 0. The third-order valence-electron chi connectivity index (χ3n) is 4.73. The summed E-state index contributed by atoms with van der Waals surface area (Å²) in [6, 6.07) is 1.31. The normalized spacial score (nSPS) is 23.7. The molecular formula is C17H38NO3Si2. The fourth-order valence-electron chi connectivity index (χ4n) is 3.47. The van der Waals surface area contributed by atoms with Crippen LogP contribution in [0.4, 0.5) is 0 Å². The van der Waals surface area contributed by atoms with E-state index in [-0.39, 0.29) is 0 Å². The summed E-state index contributed by atoms with van der Waals surface area (Å²) in [6.07, 6.45) is 6.46. The molecule has 2 unspecified atom stereocenters. The molecule has 1 saturated heterocycles. The summed E-state index contributed by atoms with van der Waals surface area (Å²) in [7, 11) is -2.61. The van der Waals surface area contributed by atoms with Gasteiger partial charge in [-0.2, -0.15) is 0 Å². The quantitative estimate of drug-likeness (QED) is 0.362. The van der Waals surface area contributed by atoms with Crippen molar-refractivity contribution in [1.82, 2.24) is 4.57 Å². The van der Waals surface area contributed by atoms with Gasteiger partial charge in [0.15, 0.2) is 0 Å². The molecule has 1 rings (SSSR count). The Kier molecular flexibility index (Phi) is 10.9. The summed E-state index contributed by atoms with van der Waals surface area (Å²) in [5.41, 5.74) is 0.578. The van der Waals surface area contributed by atoms with E-state index in [9.17, 15) is 0 Å². The van der Waals surface area contributed by atoms with Gasteiger partial charge in [-0.05, 0) is 65.7 Å². The van der Waals surface area contributed by atoms with Gasteiger partial charge in [0.2, 0.25) is 0 Å². The van der Waals surface area contributed by atoms with E-state index in [1.165, 1.54) is 51.2 Å². The second-order valence-corrected chi connectivity index (χ2v) is 12.6. The largest absolute Gasteiger partial charge is 0.403 e. The van der Waals surface area contributed by atoms with Crippen molar-refractivity contribution in [3.05, 3.63) is 0 Å². The van der Waals surface area contributed by atoms with Gasteiger partial charge in [-0.3, -0.25) is 0 Å². The lowest BCUT2D eigenvalue weighted by Crippen LogP contribution is -2.49. The molecule has 6 heteroatoms. The second kappa shape index (κ2) is 11.8. The third kappa shape index (κ3) is 7.36. The van der Waals surface area contributed by atoms with Crippen molar-refractivity contribution in [2.75, 3.05) is 32.9 Å². The Bertz CT molecular complexity index is 304. The Labute approximate surface area is 146 Å². The van der Waals surface area contributed by atoms with Gasteiger partial charge >= 0.3 is 9.28 Å². The minimum Gasteiger partial charge on any atom is -0.403 e. The summed E-state index contributed by atoms with van der Waals surface area (Å²) >= 11 is 0. The molecule has 0 aromatic carbocycles. The molecule has 0 N–H and O–H groups in total. The molecular weight excluding hydrogens is 322 g/mol. The number of rotatable bonds is 13. The minimum absolute atomic E-state index is 0.578. The van der Waals surface area contributed by atoms with E-state index in [1.54, 1.807) is 0 Å². The van der Waals surface area contributed by atoms with Crippen LogP contribution in [0.15, 0.2) is 0 Å². The molecule has 0 bridgehead atoms. The molecule has 0 amide bonds. The van der Waals surface area contributed by atoms with Gasteiger partial charge in [-0.25, -0.2) is 0 Å². The molecule has 1 heterocycles. The van der Waals surface area contributed by atoms with E-state index in [4.69, 9.17) is 13.3 Å². The van der Waals surface area contributed by atoms with Gasteiger partial charge in [-0.15, -0.1) is 0 Å². The van der Waals surface area contributed by atoms with E-state index in [0.29, 0.717) is 5.54 Å². The fourth-order valence-corrected chi connectivity index (χ4v) is 8.48. The summed E-state index contributed by atoms with van der Waals surface area (Å²) in [4.78, 5) is 0. The molecule has 0 aromatic heterocycles. The van der Waals surface area contributed by atoms with Crippen molar-refractivity contribution in [1.29, 1.82) is 0 Å². The van der Waals surface area contributed by atoms with Gasteiger partial charge in [-0.1, -0.05) is 19.8 Å². The predicted molar refractivity (Wildman–Crippen MR) is 101 cm³/mol. The lowest BCUT2D eigenvalue weighted by Gasteiger charge is -2.32. The molecule has 137 valence electrons. The third-order valence-corrected chi connectivity index (χ3v) is 11.0. The molecule has 0 aromatic rings. The van der Waals surface area contributed by atoms with E-state index >= 15 is 0 Å². The highest BCUT2D eigenvalue weighted by Gasteiger charge is 2.40. The van der Waals surface area contributed by atoms with Crippen LogP contribution in [-0.4, -0.2) is 55.2 Å². The smallest absolute Gasteiger partial charge is 0.387 e. The van der Waals surface area contributed by atoms with Crippen molar-refractivity contribution in [3.63, 3.8) is 0 Å². The highest BCUT2D eigenvalue weighted by molar-refractivity contribution is 6.70. The molecule has 0 saturated carbocycles. The zero-order valence-corrected chi connectivity index (χ0v) is 18.0. The minimum atomic E-state index is -1.54. The zero-order valence-electron chi connectivity index (χ0n) is 16.0. The predicted octanol–water partition coefficient (Wildman–Crippen LogP) is 4.31. The van der Waals surface area contributed by atoms with Crippen molar-refractivity contribution in [3.8, 4) is 0 Å². The van der Waals surface area contributed by atoms with Crippen LogP contribution in [0.25, 0.3) is 0 Å². The van der Waals surface area contributed by atoms with Crippen LogP contribution in [-0.2, 0) is 13.3 Å². The van der Waals surface area contributed by atoms with Gasteiger partial charge in [0.05, 0.1) is 0 Å².